The monoisotopic (exact) mass is 400 g/mol. The zero-order chi connectivity index (χ0) is 20.5. The van der Waals surface area contributed by atoms with Gasteiger partial charge in [0.25, 0.3) is 0 Å². The summed E-state index contributed by atoms with van der Waals surface area (Å²) in [6, 6.07) is 14.8. The first kappa shape index (κ1) is 20.3. The van der Waals surface area contributed by atoms with Crippen molar-refractivity contribution >= 4 is 37.7 Å². The second kappa shape index (κ2) is 7.51. The first-order chi connectivity index (χ1) is 13.1. The summed E-state index contributed by atoms with van der Waals surface area (Å²) in [6.45, 7) is 13.6. The molecule has 0 radical (unpaired) electrons. The van der Waals surface area contributed by atoms with Crippen LogP contribution in [0.15, 0.2) is 42.5 Å². The fourth-order valence-corrected chi connectivity index (χ4v) is 4.09. The van der Waals surface area contributed by atoms with Crippen LogP contribution in [0.1, 0.15) is 11.1 Å². The van der Waals surface area contributed by atoms with Gasteiger partial charge < -0.3 is 4.74 Å². The topological polar surface area (TPSA) is 9.23 Å². The van der Waals surface area contributed by atoms with Gasteiger partial charge in [0.1, 0.15) is 21.9 Å². The van der Waals surface area contributed by atoms with Crippen molar-refractivity contribution in [3.05, 3.63) is 53.6 Å². The molecule has 0 atom stereocenters. The Labute approximate surface area is 171 Å². The van der Waals surface area contributed by atoms with Crippen molar-refractivity contribution < 1.29 is 4.74 Å². The number of hydrogen-bond acceptors (Lipinski definition) is 1. The molecule has 28 heavy (non-hydrogen) atoms. The second-order valence-corrected chi connectivity index (χ2v) is 18.7. The fraction of sp³-hybridized carbons (Fsp3) is 0.280. The van der Waals surface area contributed by atoms with Crippen molar-refractivity contribution in [1.82, 2.24) is 0 Å². The molecule has 0 bridgehead atoms. The average Bonchev–Trinajstić information content (AvgIpc) is 2.61. The molecule has 0 aliphatic rings. The summed E-state index contributed by atoms with van der Waals surface area (Å²) in [7, 11) is -1.17. The number of rotatable bonds is 1. The molecule has 0 N–H and O–H groups in total. The Hall–Kier alpha value is -2.47. The van der Waals surface area contributed by atoms with Crippen LogP contribution in [-0.4, -0.2) is 23.3 Å². The molecule has 1 nitrogen and oxygen atoms in total. The van der Waals surface area contributed by atoms with Crippen LogP contribution in [0, 0.1) is 22.9 Å². The third-order valence-electron chi connectivity index (χ3n) is 4.34. The van der Waals surface area contributed by atoms with Crippen LogP contribution in [0.5, 0.6) is 5.75 Å². The van der Waals surface area contributed by atoms with Gasteiger partial charge in [-0.25, -0.2) is 0 Å². The van der Waals surface area contributed by atoms with Crippen molar-refractivity contribution in [2.45, 2.75) is 39.3 Å². The summed E-state index contributed by atoms with van der Waals surface area (Å²) in [6.07, 6.45) is 0. The Morgan fingerprint density at radius 3 is 1.43 bits per heavy atom. The molecule has 142 valence electrons. The molecule has 0 aliphatic carbocycles. The van der Waals surface area contributed by atoms with E-state index in [1.165, 1.54) is 0 Å². The molecule has 0 heterocycles. The number of benzene rings is 3. The molecule has 0 fully saturated rings. The normalized spacial score (nSPS) is 11.5. The summed E-state index contributed by atoms with van der Waals surface area (Å²) in [4.78, 5) is 0. The Balaban J connectivity index is 2.38. The molecule has 0 spiro atoms. The number of hydrogen-bond donors (Lipinski definition) is 0. The zero-order valence-corrected chi connectivity index (χ0v) is 19.9. The van der Waals surface area contributed by atoms with Gasteiger partial charge in [-0.05, 0) is 18.2 Å². The lowest BCUT2D eigenvalue weighted by Crippen LogP contribution is -2.16. The predicted molar refractivity (Wildman–Crippen MR) is 128 cm³/mol. The second-order valence-electron chi connectivity index (χ2n) is 9.21. The highest BCUT2D eigenvalue weighted by Gasteiger charge is 2.14. The van der Waals surface area contributed by atoms with Gasteiger partial charge in [-0.1, -0.05) is 75.4 Å². The van der Waals surface area contributed by atoms with Gasteiger partial charge in [0, 0.05) is 32.7 Å². The van der Waals surface area contributed by atoms with Crippen molar-refractivity contribution in [2.24, 2.45) is 0 Å². The van der Waals surface area contributed by atoms with Gasteiger partial charge in [-0.3, -0.25) is 0 Å². The summed E-state index contributed by atoms with van der Waals surface area (Å²) in [5.74, 6) is 7.80. The van der Waals surface area contributed by atoms with E-state index in [-0.39, 0.29) is 0 Å². The minimum absolute atomic E-state index is 0.904. The largest absolute Gasteiger partial charge is 0.495 e. The Morgan fingerprint density at radius 2 is 1.07 bits per heavy atom. The molecular formula is C25H28OSi2. The van der Waals surface area contributed by atoms with Gasteiger partial charge in [0.05, 0.1) is 7.11 Å². The van der Waals surface area contributed by atoms with E-state index in [2.05, 4.69) is 105 Å². The Morgan fingerprint density at radius 1 is 0.643 bits per heavy atom. The zero-order valence-electron chi connectivity index (χ0n) is 17.9. The lowest BCUT2D eigenvalue weighted by atomic mass is 9.96. The smallest absolute Gasteiger partial charge is 0.134 e. The molecule has 0 aliphatic heterocycles. The molecule has 3 rings (SSSR count). The van der Waals surface area contributed by atoms with Gasteiger partial charge in [-0.15, -0.1) is 11.1 Å². The van der Waals surface area contributed by atoms with Crippen LogP contribution in [0.4, 0.5) is 0 Å². The van der Waals surface area contributed by atoms with Crippen LogP contribution in [0.3, 0.4) is 0 Å². The Bertz CT molecular complexity index is 1080. The lowest BCUT2D eigenvalue weighted by molar-refractivity contribution is 0.424. The van der Waals surface area contributed by atoms with Gasteiger partial charge in [-0.2, -0.15) is 0 Å². The van der Waals surface area contributed by atoms with Gasteiger partial charge in [0.2, 0.25) is 0 Å². The summed E-state index contributed by atoms with van der Waals surface area (Å²) < 4.78 is 5.86. The molecule has 0 unspecified atom stereocenters. The van der Waals surface area contributed by atoms with Crippen LogP contribution in [0.25, 0.3) is 21.5 Å². The third-order valence-corrected chi connectivity index (χ3v) is 6.09. The highest BCUT2D eigenvalue weighted by atomic mass is 28.3. The standard InChI is InChI=1S/C25H28OSi2/c1-26-25-21-12-8-10-19(14-16-27(2,3)4)23(21)18-24-20(11-9-13-22(24)25)15-17-28(5,6)7/h8-13,18H,1-7H3. The lowest BCUT2D eigenvalue weighted by Gasteiger charge is -2.13. The molecular weight excluding hydrogens is 372 g/mol. The number of methoxy groups -OCH3 is 1. The number of fused-ring (bicyclic) bond motifs is 2. The van der Waals surface area contributed by atoms with E-state index in [1.807, 2.05) is 0 Å². The first-order valence-electron chi connectivity index (χ1n) is 9.68. The number of ether oxygens (including phenoxy) is 1. The summed E-state index contributed by atoms with van der Waals surface area (Å²) in [5, 5.41) is 4.49. The van der Waals surface area contributed by atoms with Crippen LogP contribution in [0.2, 0.25) is 39.3 Å². The average molecular weight is 401 g/mol. The molecule has 0 saturated heterocycles. The molecule has 0 aromatic heterocycles. The quantitative estimate of drug-likeness (QED) is 0.259. The molecule has 3 aromatic carbocycles. The van der Waals surface area contributed by atoms with Crippen LogP contribution < -0.4 is 4.74 Å². The van der Waals surface area contributed by atoms with E-state index in [0.717, 1.165) is 38.4 Å². The van der Waals surface area contributed by atoms with Crippen molar-refractivity contribution in [2.75, 3.05) is 7.11 Å². The predicted octanol–water partition coefficient (Wildman–Crippen LogP) is 6.46. The highest BCUT2D eigenvalue weighted by Crippen LogP contribution is 2.37. The maximum atomic E-state index is 5.86. The van der Waals surface area contributed by atoms with E-state index in [1.54, 1.807) is 7.11 Å². The maximum absolute atomic E-state index is 5.86. The van der Waals surface area contributed by atoms with Crippen LogP contribution >= 0.6 is 0 Å². The minimum atomic E-state index is -1.46. The molecule has 3 heteroatoms. The maximum Gasteiger partial charge on any atom is 0.134 e. The van der Waals surface area contributed by atoms with Crippen molar-refractivity contribution in [3.8, 4) is 28.7 Å². The molecule has 0 amide bonds. The van der Waals surface area contributed by atoms with E-state index < -0.39 is 16.1 Å². The molecule has 3 aromatic rings. The van der Waals surface area contributed by atoms with Crippen molar-refractivity contribution in [1.29, 1.82) is 0 Å². The van der Waals surface area contributed by atoms with E-state index in [4.69, 9.17) is 4.74 Å². The van der Waals surface area contributed by atoms with E-state index in [9.17, 15) is 0 Å². The van der Waals surface area contributed by atoms with E-state index >= 15 is 0 Å². The summed E-state index contributed by atoms with van der Waals surface area (Å²) >= 11 is 0. The first-order valence-corrected chi connectivity index (χ1v) is 16.7. The van der Waals surface area contributed by atoms with Crippen LogP contribution in [-0.2, 0) is 0 Å². The summed E-state index contributed by atoms with van der Waals surface area (Å²) in [5.41, 5.74) is 9.13. The SMILES string of the molecule is COc1c2cccc(C#C[Si](C)(C)C)c2cc2c(C#C[Si](C)(C)C)cccc12. The minimum Gasteiger partial charge on any atom is -0.495 e. The van der Waals surface area contributed by atoms with Gasteiger partial charge >= 0.3 is 0 Å². The van der Waals surface area contributed by atoms with E-state index in [0.29, 0.717) is 0 Å². The Kier molecular flexibility index (Phi) is 5.44. The van der Waals surface area contributed by atoms with Crippen molar-refractivity contribution in [3.63, 3.8) is 0 Å². The fourth-order valence-electron chi connectivity index (χ4n) is 3.07. The highest BCUT2D eigenvalue weighted by molar-refractivity contribution is 6.84. The molecule has 0 saturated carbocycles. The van der Waals surface area contributed by atoms with Gasteiger partial charge in [0.15, 0.2) is 0 Å². The third kappa shape index (κ3) is 4.50.